The van der Waals surface area contributed by atoms with Crippen molar-refractivity contribution in [2.45, 2.75) is 52.4 Å². The molecule has 0 saturated heterocycles. The molecular formula is C10H20O6. The summed E-state index contributed by atoms with van der Waals surface area (Å²) < 4.78 is 0. The molecule has 0 spiro atoms. The van der Waals surface area contributed by atoms with Gasteiger partial charge >= 0.3 is 11.9 Å². The van der Waals surface area contributed by atoms with Gasteiger partial charge in [0.25, 0.3) is 0 Å². The van der Waals surface area contributed by atoms with Crippen molar-refractivity contribution in [3.05, 3.63) is 0 Å². The second-order valence-corrected chi connectivity index (χ2v) is 3.13. The Morgan fingerprint density at radius 1 is 0.875 bits per heavy atom. The van der Waals surface area contributed by atoms with Crippen LogP contribution in [0.15, 0.2) is 0 Å². The van der Waals surface area contributed by atoms with Gasteiger partial charge in [0.2, 0.25) is 0 Å². The fourth-order valence-electron chi connectivity index (χ4n) is 0.815. The highest BCUT2D eigenvalue weighted by Gasteiger charge is 1.98. The van der Waals surface area contributed by atoms with E-state index in [1.165, 1.54) is 0 Å². The Hall–Kier alpha value is -1.14. The number of hydrogen-bond donors (Lipinski definition) is 2. The van der Waals surface area contributed by atoms with Gasteiger partial charge in [-0.15, -0.1) is 0 Å². The molecule has 0 rings (SSSR count). The first-order chi connectivity index (χ1) is 7.62. The molecule has 0 aliphatic rings. The lowest BCUT2D eigenvalue weighted by Crippen LogP contribution is -1.99. The third-order valence-electron chi connectivity index (χ3n) is 1.64. The van der Waals surface area contributed by atoms with Gasteiger partial charge in [0, 0.05) is 12.8 Å². The van der Waals surface area contributed by atoms with Crippen LogP contribution in [0.4, 0.5) is 0 Å². The molecule has 0 aliphatic heterocycles. The third-order valence-corrected chi connectivity index (χ3v) is 1.64. The molecule has 0 atom stereocenters. The smallest absolute Gasteiger partial charge is 0.301 e. The quantitative estimate of drug-likeness (QED) is 0.418. The monoisotopic (exact) mass is 236 g/mol. The van der Waals surface area contributed by atoms with Crippen LogP contribution in [0.2, 0.25) is 0 Å². The molecule has 0 bridgehead atoms. The maximum Gasteiger partial charge on any atom is 0.342 e. The van der Waals surface area contributed by atoms with Crippen molar-refractivity contribution >= 4 is 11.9 Å². The summed E-state index contributed by atoms with van der Waals surface area (Å²) in [5.41, 5.74) is 0. The molecule has 0 unspecified atom stereocenters. The van der Waals surface area contributed by atoms with Crippen molar-refractivity contribution in [3.63, 3.8) is 0 Å². The minimum Gasteiger partial charge on any atom is -0.301 e. The van der Waals surface area contributed by atoms with Crippen LogP contribution in [0.25, 0.3) is 0 Å². The Labute approximate surface area is 95.0 Å². The predicted octanol–water partition coefficient (Wildman–Crippen LogP) is 2.39. The predicted molar refractivity (Wildman–Crippen MR) is 56.5 cm³/mol. The van der Waals surface area contributed by atoms with Crippen molar-refractivity contribution in [2.75, 3.05) is 0 Å². The summed E-state index contributed by atoms with van der Waals surface area (Å²) in [7, 11) is 0. The standard InChI is InChI=1S/C6H12O3.C4H8O3/c1-2-3-4-5-6(7)9-8;1-2-3-4(5)7-6/h8H,2-5H2,1H3;6H,2-3H2,1H3. The Kier molecular flexibility index (Phi) is 15.0. The SMILES string of the molecule is CCCC(=O)OO.CCCCCC(=O)OO. The summed E-state index contributed by atoms with van der Waals surface area (Å²) in [6.45, 7) is 3.88. The molecule has 0 aromatic heterocycles. The van der Waals surface area contributed by atoms with Crippen LogP contribution in [-0.2, 0) is 19.4 Å². The van der Waals surface area contributed by atoms with E-state index in [0.717, 1.165) is 19.3 Å². The molecule has 0 aromatic carbocycles. The Morgan fingerprint density at radius 3 is 1.69 bits per heavy atom. The summed E-state index contributed by atoms with van der Waals surface area (Å²) in [5.74, 6) is -1.11. The van der Waals surface area contributed by atoms with Gasteiger partial charge in [0.05, 0.1) is 0 Å². The Balaban J connectivity index is 0. The van der Waals surface area contributed by atoms with Crippen molar-refractivity contribution in [3.8, 4) is 0 Å². The number of rotatable bonds is 6. The van der Waals surface area contributed by atoms with Gasteiger partial charge in [-0.05, 0) is 12.8 Å². The first-order valence-corrected chi connectivity index (χ1v) is 5.30. The summed E-state index contributed by atoms with van der Waals surface area (Å²) in [5, 5.41) is 15.4. The van der Waals surface area contributed by atoms with E-state index in [1.807, 2.05) is 13.8 Å². The van der Waals surface area contributed by atoms with Crippen LogP contribution in [0.3, 0.4) is 0 Å². The van der Waals surface area contributed by atoms with Crippen molar-refractivity contribution in [2.24, 2.45) is 0 Å². The van der Waals surface area contributed by atoms with Crippen molar-refractivity contribution in [1.29, 1.82) is 0 Å². The highest BCUT2D eigenvalue weighted by atomic mass is 17.1. The molecule has 96 valence electrons. The third kappa shape index (κ3) is 15.3. The molecule has 6 nitrogen and oxygen atoms in total. The number of carbonyl (C=O) groups excluding carboxylic acids is 2. The molecule has 0 aliphatic carbocycles. The lowest BCUT2D eigenvalue weighted by Gasteiger charge is -1.93. The lowest BCUT2D eigenvalue weighted by molar-refractivity contribution is -0.234. The topological polar surface area (TPSA) is 93.1 Å². The fourth-order valence-corrected chi connectivity index (χ4v) is 0.815. The van der Waals surface area contributed by atoms with Crippen LogP contribution >= 0.6 is 0 Å². The van der Waals surface area contributed by atoms with Gasteiger partial charge in [0.1, 0.15) is 0 Å². The van der Waals surface area contributed by atoms with Gasteiger partial charge in [-0.25, -0.2) is 9.59 Å². The van der Waals surface area contributed by atoms with E-state index in [2.05, 4.69) is 9.78 Å². The first-order valence-electron chi connectivity index (χ1n) is 5.30. The van der Waals surface area contributed by atoms with Gasteiger partial charge in [-0.3, -0.25) is 0 Å². The minimum atomic E-state index is -0.567. The van der Waals surface area contributed by atoms with E-state index >= 15 is 0 Å². The van der Waals surface area contributed by atoms with Crippen LogP contribution in [0.1, 0.15) is 52.4 Å². The van der Waals surface area contributed by atoms with Crippen molar-refractivity contribution < 1.29 is 29.9 Å². The van der Waals surface area contributed by atoms with E-state index in [-0.39, 0.29) is 6.42 Å². The number of unbranched alkanes of at least 4 members (excludes halogenated alkanes) is 2. The van der Waals surface area contributed by atoms with E-state index in [9.17, 15) is 9.59 Å². The molecule has 0 radical (unpaired) electrons. The van der Waals surface area contributed by atoms with E-state index in [0.29, 0.717) is 12.8 Å². The Bertz CT molecular complexity index is 180. The highest BCUT2D eigenvalue weighted by Crippen LogP contribution is 1.98. The molecule has 0 heterocycles. The normalized spacial score (nSPS) is 8.75. The molecule has 2 N–H and O–H groups in total. The fraction of sp³-hybridized carbons (Fsp3) is 0.800. The van der Waals surface area contributed by atoms with Gasteiger partial charge in [0.15, 0.2) is 0 Å². The van der Waals surface area contributed by atoms with Gasteiger partial charge in [-0.1, -0.05) is 26.7 Å². The van der Waals surface area contributed by atoms with E-state index in [4.69, 9.17) is 10.5 Å². The number of hydrogen-bond acceptors (Lipinski definition) is 6. The zero-order valence-corrected chi connectivity index (χ0v) is 9.77. The largest absolute Gasteiger partial charge is 0.342 e. The summed E-state index contributed by atoms with van der Waals surface area (Å²) >= 11 is 0. The summed E-state index contributed by atoms with van der Waals surface area (Å²) in [6.07, 6.45) is 4.20. The van der Waals surface area contributed by atoms with Crippen LogP contribution in [0, 0.1) is 0 Å². The molecule has 0 saturated carbocycles. The lowest BCUT2D eigenvalue weighted by atomic mass is 10.2. The Morgan fingerprint density at radius 2 is 1.38 bits per heavy atom. The maximum atomic E-state index is 10.2. The molecule has 16 heavy (non-hydrogen) atoms. The summed E-state index contributed by atoms with van der Waals surface area (Å²) in [6, 6.07) is 0. The van der Waals surface area contributed by atoms with Crippen LogP contribution < -0.4 is 0 Å². The zero-order chi connectivity index (χ0) is 12.8. The van der Waals surface area contributed by atoms with Crippen LogP contribution in [-0.4, -0.2) is 22.5 Å². The van der Waals surface area contributed by atoms with Crippen LogP contribution in [0.5, 0.6) is 0 Å². The number of carbonyl (C=O) groups is 2. The second kappa shape index (κ2) is 13.9. The minimum absolute atomic E-state index is 0.288. The molecule has 0 fully saturated rings. The van der Waals surface area contributed by atoms with Gasteiger partial charge in [-0.2, -0.15) is 10.5 Å². The first kappa shape index (κ1) is 17.3. The summed E-state index contributed by atoms with van der Waals surface area (Å²) in [4.78, 5) is 27.0. The van der Waals surface area contributed by atoms with Gasteiger partial charge < -0.3 is 9.78 Å². The molecule has 0 aromatic rings. The van der Waals surface area contributed by atoms with E-state index < -0.39 is 11.9 Å². The molecular weight excluding hydrogens is 216 g/mol. The second-order valence-electron chi connectivity index (χ2n) is 3.13. The zero-order valence-electron chi connectivity index (χ0n) is 9.77. The van der Waals surface area contributed by atoms with Crippen molar-refractivity contribution in [1.82, 2.24) is 0 Å². The van der Waals surface area contributed by atoms with E-state index in [1.54, 1.807) is 0 Å². The maximum absolute atomic E-state index is 10.2. The average Bonchev–Trinajstić information content (AvgIpc) is 2.30. The molecule has 6 heteroatoms. The molecule has 0 amide bonds. The highest BCUT2D eigenvalue weighted by molar-refractivity contribution is 5.68. The average molecular weight is 236 g/mol.